The van der Waals surface area contributed by atoms with E-state index in [2.05, 4.69) is 16.2 Å². The standard InChI is InChI=1S/C12H14N2O2S/c1-3-5-17-6-4-13-11-8-10(12(15)16)7-9(2)14-11/h1,7-8H,4-6H2,2H3,(H,13,14)(H,15,16). The Morgan fingerprint density at radius 1 is 1.65 bits per heavy atom. The minimum atomic E-state index is -0.944. The molecular weight excluding hydrogens is 236 g/mol. The topological polar surface area (TPSA) is 62.2 Å². The van der Waals surface area contributed by atoms with E-state index < -0.39 is 5.97 Å². The average Bonchev–Trinajstić information content (AvgIpc) is 2.28. The van der Waals surface area contributed by atoms with Gasteiger partial charge in [-0.1, -0.05) is 5.92 Å². The normalized spacial score (nSPS) is 9.65. The van der Waals surface area contributed by atoms with Crippen LogP contribution in [-0.4, -0.2) is 34.1 Å². The maximum Gasteiger partial charge on any atom is 0.335 e. The molecule has 0 aliphatic rings. The molecule has 0 saturated heterocycles. The molecular formula is C12H14N2O2S. The molecule has 1 aromatic heterocycles. The molecule has 90 valence electrons. The molecule has 0 aliphatic carbocycles. The van der Waals surface area contributed by atoms with Gasteiger partial charge in [-0.15, -0.1) is 18.2 Å². The molecule has 0 bridgehead atoms. The van der Waals surface area contributed by atoms with Gasteiger partial charge >= 0.3 is 5.97 Å². The van der Waals surface area contributed by atoms with Crippen LogP contribution in [0.15, 0.2) is 12.1 Å². The lowest BCUT2D eigenvalue weighted by Crippen LogP contribution is -2.08. The molecule has 0 amide bonds. The van der Waals surface area contributed by atoms with Crippen LogP contribution < -0.4 is 5.32 Å². The SMILES string of the molecule is C#CCSCCNc1cc(C(=O)O)cc(C)n1. The number of anilines is 1. The number of aromatic nitrogens is 1. The number of hydrogen-bond donors (Lipinski definition) is 2. The monoisotopic (exact) mass is 250 g/mol. The lowest BCUT2D eigenvalue weighted by molar-refractivity contribution is 0.0696. The maximum absolute atomic E-state index is 10.8. The van der Waals surface area contributed by atoms with Crippen molar-refractivity contribution in [2.45, 2.75) is 6.92 Å². The van der Waals surface area contributed by atoms with Crippen molar-refractivity contribution in [1.29, 1.82) is 0 Å². The van der Waals surface area contributed by atoms with Gasteiger partial charge in [-0.3, -0.25) is 0 Å². The Bertz CT molecular complexity index is 441. The van der Waals surface area contributed by atoms with Gasteiger partial charge < -0.3 is 10.4 Å². The molecule has 0 fully saturated rings. The van der Waals surface area contributed by atoms with Gasteiger partial charge in [0.25, 0.3) is 0 Å². The van der Waals surface area contributed by atoms with Crippen LogP contribution in [0.2, 0.25) is 0 Å². The van der Waals surface area contributed by atoms with E-state index in [1.54, 1.807) is 24.8 Å². The van der Waals surface area contributed by atoms with Crippen LogP contribution in [0, 0.1) is 19.3 Å². The van der Waals surface area contributed by atoms with E-state index in [0.29, 0.717) is 23.8 Å². The molecule has 0 spiro atoms. The van der Waals surface area contributed by atoms with Crippen LogP contribution in [0.1, 0.15) is 16.1 Å². The third-order valence-corrected chi connectivity index (χ3v) is 2.80. The minimum absolute atomic E-state index is 0.247. The molecule has 0 saturated carbocycles. The summed E-state index contributed by atoms with van der Waals surface area (Å²) >= 11 is 1.64. The van der Waals surface area contributed by atoms with Crippen LogP contribution in [0.5, 0.6) is 0 Å². The summed E-state index contributed by atoms with van der Waals surface area (Å²) in [6.07, 6.45) is 5.13. The molecule has 2 N–H and O–H groups in total. The van der Waals surface area contributed by atoms with Crippen molar-refractivity contribution in [1.82, 2.24) is 4.98 Å². The highest BCUT2D eigenvalue weighted by Gasteiger charge is 2.05. The first-order chi connectivity index (χ1) is 8.13. The molecule has 0 aromatic carbocycles. The fourth-order valence-electron chi connectivity index (χ4n) is 1.26. The zero-order valence-electron chi connectivity index (χ0n) is 9.56. The van der Waals surface area contributed by atoms with E-state index in [4.69, 9.17) is 11.5 Å². The number of pyridine rings is 1. The van der Waals surface area contributed by atoms with Crippen LogP contribution in [0.25, 0.3) is 0 Å². The van der Waals surface area contributed by atoms with E-state index >= 15 is 0 Å². The number of hydrogen-bond acceptors (Lipinski definition) is 4. The van der Waals surface area contributed by atoms with Gasteiger partial charge in [0.05, 0.1) is 11.3 Å². The molecule has 17 heavy (non-hydrogen) atoms. The summed E-state index contributed by atoms with van der Waals surface area (Å²) in [6, 6.07) is 3.07. The summed E-state index contributed by atoms with van der Waals surface area (Å²) in [7, 11) is 0. The van der Waals surface area contributed by atoms with Crippen LogP contribution in [0.3, 0.4) is 0 Å². The van der Waals surface area contributed by atoms with Crippen molar-refractivity contribution in [3.8, 4) is 12.3 Å². The summed E-state index contributed by atoms with van der Waals surface area (Å²) in [5.41, 5.74) is 0.931. The number of carboxylic acids is 1. The number of terminal acetylenes is 1. The van der Waals surface area contributed by atoms with Crippen molar-refractivity contribution in [2.24, 2.45) is 0 Å². The molecule has 1 rings (SSSR count). The summed E-state index contributed by atoms with van der Waals surface area (Å²) in [5, 5.41) is 12.0. The van der Waals surface area contributed by atoms with Gasteiger partial charge in [0.2, 0.25) is 0 Å². The molecule has 0 unspecified atom stereocenters. The number of nitrogens with zero attached hydrogens (tertiary/aromatic N) is 1. The predicted molar refractivity (Wildman–Crippen MR) is 70.6 cm³/mol. The van der Waals surface area contributed by atoms with Crippen molar-refractivity contribution >= 4 is 23.5 Å². The number of carbonyl (C=O) groups is 1. The molecule has 1 aromatic rings. The first-order valence-electron chi connectivity index (χ1n) is 5.10. The fraction of sp³-hybridized carbons (Fsp3) is 0.333. The molecule has 0 aliphatic heterocycles. The van der Waals surface area contributed by atoms with E-state index in [1.165, 1.54) is 6.07 Å². The first-order valence-corrected chi connectivity index (χ1v) is 6.26. The predicted octanol–water partition coefficient (Wildman–Crippen LogP) is 1.87. The Morgan fingerprint density at radius 2 is 2.41 bits per heavy atom. The van der Waals surface area contributed by atoms with E-state index in [9.17, 15) is 4.79 Å². The second-order valence-corrected chi connectivity index (χ2v) is 4.48. The van der Waals surface area contributed by atoms with Crippen molar-refractivity contribution < 1.29 is 9.90 Å². The van der Waals surface area contributed by atoms with Gasteiger partial charge in [-0.05, 0) is 19.1 Å². The highest BCUT2D eigenvalue weighted by atomic mass is 32.2. The number of aromatic carboxylic acids is 1. The van der Waals surface area contributed by atoms with Crippen molar-refractivity contribution in [3.63, 3.8) is 0 Å². The molecule has 5 heteroatoms. The quantitative estimate of drug-likeness (QED) is 0.596. The lowest BCUT2D eigenvalue weighted by atomic mass is 10.2. The Labute approximate surface area is 105 Å². The van der Waals surface area contributed by atoms with Gasteiger partial charge in [0.1, 0.15) is 5.82 Å². The maximum atomic E-state index is 10.8. The second-order valence-electron chi connectivity index (χ2n) is 3.37. The number of carboxylic acid groups (broad SMARTS) is 1. The van der Waals surface area contributed by atoms with Gasteiger partial charge in [-0.2, -0.15) is 0 Å². The average molecular weight is 250 g/mol. The zero-order valence-corrected chi connectivity index (χ0v) is 10.4. The number of rotatable bonds is 6. The summed E-state index contributed by atoms with van der Waals surface area (Å²) < 4.78 is 0. The van der Waals surface area contributed by atoms with Crippen LogP contribution in [-0.2, 0) is 0 Å². The smallest absolute Gasteiger partial charge is 0.335 e. The third-order valence-electron chi connectivity index (χ3n) is 1.94. The highest BCUT2D eigenvalue weighted by molar-refractivity contribution is 7.99. The second kappa shape index (κ2) is 6.81. The molecule has 0 radical (unpaired) electrons. The Hall–Kier alpha value is -1.67. The van der Waals surface area contributed by atoms with Crippen LogP contribution in [0.4, 0.5) is 5.82 Å². The summed E-state index contributed by atoms with van der Waals surface area (Å²) in [6.45, 7) is 2.48. The van der Waals surface area contributed by atoms with E-state index in [-0.39, 0.29) is 5.56 Å². The van der Waals surface area contributed by atoms with Gasteiger partial charge in [-0.25, -0.2) is 9.78 Å². The highest BCUT2D eigenvalue weighted by Crippen LogP contribution is 2.10. The van der Waals surface area contributed by atoms with Crippen LogP contribution >= 0.6 is 11.8 Å². The zero-order chi connectivity index (χ0) is 12.7. The third kappa shape index (κ3) is 4.79. The van der Waals surface area contributed by atoms with E-state index in [1.807, 2.05) is 0 Å². The fourth-order valence-corrected chi connectivity index (χ4v) is 1.77. The van der Waals surface area contributed by atoms with Gasteiger partial charge in [0, 0.05) is 18.0 Å². The van der Waals surface area contributed by atoms with Crippen molar-refractivity contribution in [3.05, 3.63) is 23.4 Å². The van der Waals surface area contributed by atoms with Gasteiger partial charge in [0.15, 0.2) is 0 Å². The Morgan fingerprint density at radius 3 is 3.06 bits per heavy atom. The Balaban J connectivity index is 2.53. The van der Waals surface area contributed by atoms with Crippen molar-refractivity contribution in [2.75, 3.05) is 23.4 Å². The number of aryl methyl sites for hydroxylation is 1. The first kappa shape index (κ1) is 13.4. The molecule has 1 heterocycles. The number of nitrogens with one attached hydrogen (secondary N) is 1. The summed E-state index contributed by atoms with van der Waals surface area (Å²) in [4.78, 5) is 15.0. The largest absolute Gasteiger partial charge is 0.478 e. The molecule has 0 atom stereocenters. The Kier molecular flexibility index (Phi) is 5.37. The summed E-state index contributed by atoms with van der Waals surface area (Å²) in [5.74, 6) is 3.73. The van der Waals surface area contributed by atoms with E-state index in [0.717, 1.165) is 5.75 Å². The lowest BCUT2D eigenvalue weighted by Gasteiger charge is -2.06. The minimum Gasteiger partial charge on any atom is -0.478 e. The number of thioether (sulfide) groups is 1. The molecule has 4 nitrogen and oxygen atoms in total.